The van der Waals surface area contributed by atoms with Crippen molar-refractivity contribution in [2.75, 3.05) is 14.2 Å². The normalized spacial score (nSPS) is 16.0. The Balaban J connectivity index is 1.93. The second kappa shape index (κ2) is 9.64. The molecule has 0 aliphatic carbocycles. The summed E-state index contributed by atoms with van der Waals surface area (Å²) in [5.41, 5.74) is 8.18. The largest absolute Gasteiger partial charge is 0.497 e. The Kier molecular flexibility index (Phi) is 7.18. The molecule has 30 heavy (non-hydrogen) atoms. The van der Waals surface area contributed by atoms with Gasteiger partial charge in [0.2, 0.25) is 5.91 Å². The van der Waals surface area contributed by atoms with Crippen molar-refractivity contribution in [2.45, 2.75) is 18.7 Å². The number of hydrogen-bond acceptors (Lipinski definition) is 6. The summed E-state index contributed by atoms with van der Waals surface area (Å²) in [5.74, 6) is 1.49. The molecule has 1 atom stereocenters. The van der Waals surface area contributed by atoms with Gasteiger partial charge in [0.1, 0.15) is 17.5 Å². The molecular weight excluding hydrogens is 445 g/mol. The van der Waals surface area contributed by atoms with Gasteiger partial charge < -0.3 is 20.5 Å². The Morgan fingerprint density at radius 2 is 2.00 bits per heavy atom. The van der Waals surface area contributed by atoms with Crippen LogP contribution >= 0.6 is 35.0 Å². The van der Waals surface area contributed by atoms with Crippen LogP contribution in [0.25, 0.3) is 0 Å². The molecule has 158 valence electrons. The molecule has 9 heteroatoms. The first-order valence-electron chi connectivity index (χ1n) is 8.98. The number of nitrogens with zero attached hydrogens (tertiary/aromatic N) is 1. The van der Waals surface area contributed by atoms with Gasteiger partial charge in [0.05, 0.1) is 29.8 Å². The van der Waals surface area contributed by atoms with E-state index >= 15 is 0 Å². The summed E-state index contributed by atoms with van der Waals surface area (Å²) in [6.45, 7) is 1.78. The molecule has 3 rings (SSSR count). The van der Waals surface area contributed by atoms with Crippen LogP contribution in [0.2, 0.25) is 10.0 Å². The molecule has 1 aliphatic rings. The van der Waals surface area contributed by atoms with E-state index in [0.717, 1.165) is 17.1 Å². The first-order valence-corrected chi connectivity index (χ1v) is 10.7. The highest BCUT2D eigenvalue weighted by molar-refractivity contribution is 8.13. The summed E-state index contributed by atoms with van der Waals surface area (Å²) in [7, 11) is 3.24. The van der Waals surface area contributed by atoms with Crippen molar-refractivity contribution in [3.05, 3.63) is 68.8 Å². The summed E-state index contributed by atoms with van der Waals surface area (Å²) < 4.78 is 10.7. The predicted octanol–water partition coefficient (Wildman–Crippen LogP) is 4.70. The Hall–Kier alpha value is -2.35. The summed E-state index contributed by atoms with van der Waals surface area (Å²) in [4.78, 5) is 16.8. The quantitative estimate of drug-likeness (QED) is 0.645. The SMILES string of the molecule is COc1ccc(OC)c(CSC2=N[C@@H](c3cccc(Cl)c3Cl)C(C(N)=O)=C(C)N2)c1. The molecule has 1 heterocycles. The van der Waals surface area contributed by atoms with Gasteiger partial charge in [0.25, 0.3) is 0 Å². The highest BCUT2D eigenvalue weighted by atomic mass is 35.5. The predicted molar refractivity (Wildman–Crippen MR) is 123 cm³/mol. The van der Waals surface area contributed by atoms with E-state index in [4.69, 9.17) is 43.4 Å². The minimum atomic E-state index is -0.648. The zero-order valence-corrected chi connectivity index (χ0v) is 19.0. The zero-order chi connectivity index (χ0) is 21.8. The first kappa shape index (κ1) is 22.3. The van der Waals surface area contributed by atoms with Gasteiger partial charge in [-0.15, -0.1) is 0 Å². The Morgan fingerprint density at radius 3 is 2.67 bits per heavy atom. The molecule has 0 aromatic heterocycles. The molecule has 2 aromatic rings. The molecule has 0 radical (unpaired) electrons. The fourth-order valence-electron chi connectivity index (χ4n) is 3.14. The molecule has 2 aromatic carbocycles. The molecule has 0 spiro atoms. The topological polar surface area (TPSA) is 85.9 Å². The fourth-order valence-corrected chi connectivity index (χ4v) is 4.47. The number of carbonyl (C=O) groups excluding carboxylic acids is 1. The van der Waals surface area contributed by atoms with E-state index in [0.29, 0.717) is 37.8 Å². The van der Waals surface area contributed by atoms with E-state index in [1.807, 2.05) is 18.2 Å². The number of amides is 1. The molecule has 0 bridgehead atoms. The van der Waals surface area contributed by atoms with Crippen molar-refractivity contribution in [3.8, 4) is 11.5 Å². The van der Waals surface area contributed by atoms with Crippen LogP contribution in [0.3, 0.4) is 0 Å². The van der Waals surface area contributed by atoms with Crippen LogP contribution in [0, 0.1) is 0 Å². The monoisotopic (exact) mass is 465 g/mol. The number of amidine groups is 1. The minimum Gasteiger partial charge on any atom is -0.497 e. The lowest BCUT2D eigenvalue weighted by Gasteiger charge is -2.26. The van der Waals surface area contributed by atoms with Crippen LogP contribution in [0.15, 0.2) is 52.7 Å². The minimum absolute atomic E-state index is 0.347. The molecule has 0 fully saturated rings. The number of hydrogen-bond donors (Lipinski definition) is 2. The van der Waals surface area contributed by atoms with Gasteiger partial charge in [-0.25, -0.2) is 4.99 Å². The van der Waals surface area contributed by atoms with E-state index in [1.165, 1.54) is 11.8 Å². The van der Waals surface area contributed by atoms with Crippen molar-refractivity contribution in [2.24, 2.45) is 10.7 Å². The van der Waals surface area contributed by atoms with E-state index in [9.17, 15) is 4.79 Å². The number of primary amides is 1. The second-order valence-corrected chi connectivity index (χ2v) is 8.22. The molecule has 0 saturated heterocycles. The maximum absolute atomic E-state index is 12.1. The molecule has 0 saturated carbocycles. The maximum atomic E-state index is 12.1. The van der Waals surface area contributed by atoms with Gasteiger partial charge in [-0.05, 0) is 31.2 Å². The van der Waals surface area contributed by atoms with E-state index < -0.39 is 11.9 Å². The van der Waals surface area contributed by atoms with Gasteiger partial charge in [-0.3, -0.25) is 4.79 Å². The van der Waals surface area contributed by atoms with Crippen LogP contribution in [0.1, 0.15) is 24.1 Å². The molecule has 0 unspecified atom stereocenters. The third-order valence-electron chi connectivity index (χ3n) is 4.61. The summed E-state index contributed by atoms with van der Waals surface area (Å²) >= 11 is 14.0. The van der Waals surface area contributed by atoms with Crippen molar-refractivity contribution >= 4 is 46.0 Å². The van der Waals surface area contributed by atoms with Crippen molar-refractivity contribution in [1.29, 1.82) is 0 Å². The van der Waals surface area contributed by atoms with Gasteiger partial charge in [0.15, 0.2) is 5.17 Å². The maximum Gasteiger partial charge on any atom is 0.248 e. The highest BCUT2D eigenvalue weighted by Crippen LogP contribution is 2.39. The van der Waals surface area contributed by atoms with Crippen LogP contribution < -0.4 is 20.5 Å². The van der Waals surface area contributed by atoms with E-state index in [1.54, 1.807) is 39.3 Å². The number of allylic oxidation sites excluding steroid dienone is 1. The van der Waals surface area contributed by atoms with Crippen molar-refractivity contribution in [3.63, 3.8) is 0 Å². The molecule has 1 aliphatic heterocycles. The number of ether oxygens (including phenoxy) is 2. The van der Waals surface area contributed by atoms with Crippen LogP contribution in [-0.2, 0) is 10.5 Å². The zero-order valence-electron chi connectivity index (χ0n) is 16.7. The van der Waals surface area contributed by atoms with Crippen molar-refractivity contribution in [1.82, 2.24) is 5.32 Å². The lowest BCUT2D eigenvalue weighted by atomic mass is 9.96. The molecule has 1 amide bonds. The van der Waals surface area contributed by atoms with E-state index in [2.05, 4.69) is 5.32 Å². The molecular formula is C21H21Cl2N3O3S. The Morgan fingerprint density at radius 1 is 1.23 bits per heavy atom. The molecule has 6 nitrogen and oxygen atoms in total. The third kappa shape index (κ3) is 4.69. The fraction of sp³-hybridized carbons (Fsp3) is 0.238. The number of nitrogens with two attached hydrogens (primary N) is 1. The third-order valence-corrected chi connectivity index (χ3v) is 6.38. The van der Waals surface area contributed by atoms with Crippen LogP contribution in [-0.4, -0.2) is 25.3 Å². The van der Waals surface area contributed by atoms with Gasteiger partial charge in [0, 0.05) is 22.6 Å². The number of thioether (sulfide) groups is 1. The van der Waals surface area contributed by atoms with Gasteiger partial charge in [-0.2, -0.15) is 0 Å². The number of methoxy groups -OCH3 is 2. The Bertz CT molecular complexity index is 1040. The van der Waals surface area contributed by atoms with Crippen molar-refractivity contribution < 1.29 is 14.3 Å². The standard InChI is InChI=1S/C21H21Cl2N3O3S/c1-11-17(20(24)27)19(14-5-4-6-15(22)18(14)23)26-21(25-11)30-10-12-9-13(28-2)7-8-16(12)29-3/h4-9,19H,10H2,1-3H3,(H2,24,27)(H,25,26)/t19-/m0/s1. The first-order chi connectivity index (χ1) is 14.3. The Labute approximate surface area is 189 Å². The lowest BCUT2D eigenvalue weighted by Crippen LogP contribution is -2.32. The average molecular weight is 466 g/mol. The number of aliphatic imine (C=N–C) groups is 1. The summed E-state index contributed by atoms with van der Waals surface area (Å²) in [5, 5.41) is 4.53. The number of nitrogens with one attached hydrogen (secondary N) is 1. The summed E-state index contributed by atoms with van der Waals surface area (Å²) in [6, 6.07) is 10.2. The molecule has 3 N–H and O–H groups in total. The number of halogens is 2. The summed E-state index contributed by atoms with van der Waals surface area (Å²) in [6.07, 6.45) is 0. The van der Waals surface area contributed by atoms with E-state index in [-0.39, 0.29) is 0 Å². The van der Waals surface area contributed by atoms with Crippen LogP contribution in [0.5, 0.6) is 11.5 Å². The average Bonchev–Trinajstić information content (AvgIpc) is 2.73. The number of benzene rings is 2. The highest BCUT2D eigenvalue weighted by Gasteiger charge is 2.30. The number of carbonyl (C=O) groups is 1. The van der Waals surface area contributed by atoms with Gasteiger partial charge in [-0.1, -0.05) is 47.1 Å². The smallest absolute Gasteiger partial charge is 0.248 e. The van der Waals surface area contributed by atoms with Gasteiger partial charge >= 0.3 is 0 Å². The lowest BCUT2D eigenvalue weighted by molar-refractivity contribution is -0.114. The second-order valence-electron chi connectivity index (χ2n) is 6.47. The van der Waals surface area contributed by atoms with Crippen LogP contribution in [0.4, 0.5) is 0 Å². The number of rotatable bonds is 6.